The Morgan fingerprint density at radius 1 is 1.21 bits per heavy atom. The fraction of sp³-hybridized carbons (Fsp3) is 0.333. The van der Waals surface area contributed by atoms with Crippen LogP contribution in [0.1, 0.15) is 39.8 Å². The lowest BCUT2D eigenvalue weighted by atomic mass is 10.0. The van der Waals surface area contributed by atoms with Crippen LogP contribution in [0.3, 0.4) is 0 Å². The first kappa shape index (κ1) is 19.5. The molecule has 0 aliphatic carbocycles. The molecule has 1 aromatic carbocycles. The van der Waals surface area contributed by atoms with Crippen LogP contribution >= 0.6 is 11.3 Å². The number of pyridine rings is 1. The van der Waals surface area contributed by atoms with E-state index in [0.29, 0.717) is 11.3 Å². The Balaban J connectivity index is 1.61. The largest absolute Gasteiger partial charge is 0.322 e. The summed E-state index contributed by atoms with van der Waals surface area (Å²) in [5, 5.41) is 16.1. The first-order chi connectivity index (χ1) is 14.0. The van der Waals surface area contributed by atoms with E-state index in [1.165, 1.54) is 11.3 Å². The number of carbonyl (C=O) groups is 1. The number of hydrogen-bond acceptors (Lipinski definition) is 6. The highest BCUT2D eigenvalue weighted by atomic mass is 32.1. The minimum absolute atomic E-state index is 0.125. The second-order valence-electron chi connectivity index (χ2n) is 7.23. The Kier molecular flexibility index (Phi) is 5.55. The Morgan fingerprint density at radius 3 is 2.72 bits per heavy atom. The van der Waals surface area contributed by atoms with Gasteiger partial charge < -0.3 is 15.2 Å². The smallest absolute Gasteiger partial charge is 0.263 e. The van der Waals surface area contributed by atoms with Crippen LogP contribution in [0.15, 0.2) is 41.3 Å². The van der Waals surface area contributed by atoms with Crippen molar-refractivity contribution in [2.75, 3.05) is 18.4 Å². The topological polar surface area (TPSA) is 88.9 Å². The average Bonchev–Trinajstić information content (AvgIpc) is 3.15. The molecular weight excluding hydrogens is 386 g/mol. The van der Waals surface area contributed by atoms with Gasteiger partial charge in [-0.3, -0.25) is 9.59 Å². The zero-order valence-corrected chi connectivity index (χ0v) is 17.3. The second-order valence-corrected chi connectivity index (χ2v) is 8.41. The number of amides is 1. The minimum Gasteiger partial charge on any atom is -0.322 e. The van der Waals surface area contributed by atoms with Gasteiger partial charge in [0, 0.05) is 23.5 Å². The van der Waals surface area contributed by atoms with Gasteiger partial charge in [0.25, 0.3) is 11.5 Å². The van der Waals surface area contributed by atoms with E-state index >= 15 is 0 Å². The van der Waals surface area contributed by atoms with Crippen molar-refractivity contribution in [3.63, 3.8) is 0 Å². The lowest BCUT2D eigenvalue weighted by Crippen LogP contribution is -2.37. The number of anilines is 1. The van der Waals surface area contributed by atoms with Gasteiger partial charge in [0.1, 0.15) is 15.6 Å². The maximum absolute atomic E-state index is 13.1. The van der Waals surface area contributed by atoms with Crippen molar-refractivity contribution in [1.82, 2.24) is 20.1 Å². The van der Waals surface area contributed by atoms with Crippen LogP contribution in [0.2, 0.25) is 0 Å². The highest BCUT2D eigenvalue weighted by Gasteiger charge is 2.21. The monoisotopic (exact) mass is 409 g/mol. The summed E-state index contributed by atoms with van der Waals surface area (Å²) in [6.07, 6.45) is 3.57. The van der Waals surface area contributed by atoms with Gasteiger partial charge in [-0.25, -0.2) is 0 Å². The van der Waals surface area contributed by atoms with Crippen LogP contribution in [-0.2, 0) is 0 Å². The van der Waals surface area contributed by atoms with Crippen molar-refractivity contribution in [2.45, 2.75) is 32.7 Å². The van der Waals surface area contributed by atoms with Gasteiger partial charge in [-0.05, 0) is 63.5 Å². The molecule has 2 N–H and O–H groups in total. The van der Waals surface area contributed by atoms with Crippen molar-refractivity contribution < 1.29 is 4.79 Å². The van der Waals surface area contributed by atoms with Gasteiger partial charge in [0.2, 0.25) is 0 Å². The summed E-state index contributed by atoms with van der Waals surface area (Å²) >= 11 is 1.49. The molecule has 1 aliphatic rings. The molecular formula is C21H23N5O2S. The molecule has 150 valence electrons. The minimum atomic E-state index is -0.388. The molecule has 3 heterocycles. The number of rotatable bonds is 4. The fourth-order valence-corrected chi connectivity index (χ4v) is 4.31. The van der Waals surface area contributed by atoms with Gasteiger partial charge >= 0.3 is 0 Å². The molecule has 0 unspecified atom stereocenters. The Bertz CT molecular complexity index is 1100. The summed E-state index contributed by atoms with van der Waals surface area (Å²) in [5.74, 6) is -0.388. The second kappa shape index (κ2) is 8.26. The molecule has 2 aromatic heterocycles. The van der Waals surface area contributed by atoms with E-state index in [-0.39, 0.29) is 23.1 Å². The molecule has 7 nitrogen and oxygen atoms in total. The predicted molar refractivity (Wildman–Crippen MR) is 115 cm³/mol. The molecule has 0 spiro atoms. The number of aryl methyl sites for hydroxylation is 2. The van der Waals surface area contributed by atoms with Gasteiger partial charge in [-0.1, -0.05) is 23.5 Å². The molecule has 0 saturated carbocycles. The van der Waals surface area contributed by atoms with E-state index < -0.39 is 0 Å². The van der Waals surface area contributed by atoms with Gasteiger partial charge in [0.05, 0.1) is 0 Å². The summed E-state index contributed by atoms with van der Waals surface area (Å²) in [6.45, 7) is 5.46. The molecule has 0 radical (unpaired) electrons. The van der Waals surface area contributed by atoms with Crippen molar-refractivity contribution in [3.8, 4) is 10.6 Å². The standard InChI is InChI=1S/C21H23N5O2S/c1-13-8-11-26(17-6-9-22-10-7-17)21(28)18(13)19(27)23-16-5-3-4-15(12-16)20-25-24-14(2)29-20/h3-5,8,11-12,17,22H,6-7,9-10H2,1-2H3,(H,23,27). The molecule has 1 fully saturated rings. The molecule has 3 aromatic rings. The quantitative estimate of drug-likeness (QED) is 0.691. The first-order valence-electron chi connectivity index (χ1n) is 9.67. The molecule has 1 saturated heterocycles. The van der Waals surface area contributed by atoms with Crippen molar-refractivity contribution >= 4 is 22.9 Å². The fourth-order valence-electron chi connectivity index (χ4n) is 3.63. The maximum atomic E-state index is 13.1. The Morgan fingerprint density at radius 2 is 2.00 bits per heavy atom. The molecule has 1 amide bonds. The number of carbonyl (C=O) groups excluding carboxylic acids is 1. The van der Waals surface area contributed by atoms with E-state index in [9.17, 15) is 9.59 Å². The van der Waals surface area contributed by atoms with Crippen LogP contribution in [0, 0.1) is 13.8 Å². The SMILES string of the molecule is Cc1nnc(-c2cccc(NC(=O)c3c(C)ccn(C4CCNCC4)c3=O)c2)s1. The highest BCUT2D eigenvalue weighted by molar-refractivity contribution is 7.14. The van der Waals surface area contributed by atoms with Crippen molar-refractivity contribution in [3.05, 3.63) is 63.0 Å². The summed E-state index contributed by atoms with van der Waals surface area (Å²) in [4.78, 5) is 26.1. The number of benzene rings is 1. The molecule has 0 atom stereocenters. The molecule has 4 rings (SSSR count). The van der Waals surface area contributed by atoms with Crippen LogP contribution in [0.5, 0.6) is 0 Å². The number of hydrogen-bond donors (Lipinski definition) is 2. The van der Waals surface area contributed by atoms with Crippen LogP contribution in [0.25, 0.3) is 10.6 Å². The zero-order chi connectivity index (χ0) is 20.4. The summed E-state index contributed by atoms with van der Waals surface area (Å²) in [7, 11) is 0. The van der Waals surface area contributed by atoms with E-state index in [0.717, 1.165) is 41.5 Å². The van der Waals surface area contributed by atoms with E-state index in [1.807, 2.05) is 37.4 Å². The first-order valence-corrected chi connectivity index (χ1v) is 10.5. The van der Waals surface area contributed by atoms with Crippen molar-refractivity contribution in [2.24, 2.45) is 0 Å². The maximum Gasteiger partial charge on any atom is 0.263 e. The van der Waals surface area contributed by atoms with E-state index in [2.05, 4.69) is 20.8 Å². The third-order valence-corrected chi connectivity index (χ3v) is 6.04. The van der Waals surface area contributed by atoms with E-state index in [4.69, 9.17) is 0 Å². The van der Waals surface area contributed by atoms with Crippen LogP contribution in [-0.4, -0.2) is 33.8 Å². The third-order valence-electron chi connectivity index (χ3n) is 5.15. The number of aromatic nitrogens is 3. The Labute approximate surface area is 172 Å². The van der Waals surface area contributed by atoms with Crippen LogP contribution < -0.4 is 16.2 Å². The molecule has 1 aliphatic heterocycles. The predicted octanol–water partition coefficient (Wildman–Crippen LogP) is 3.16. The lowest BCUT2D eigenvalue weighted by Gasteiger charge is -2.25. The average molecular weight is 410 g/mol. The summed E-state index contributed by atoms with van der Waals surface area (Å²) < 4.78 is 1.71. The summed E-state index contributed by atoms with van der Waals surface area (Å²) in [6, 6.07) is 9.40. The van der Waals surface area contributed by atoms with Crippen molar-refractivity contribution in [1.29, 1.82) is 0 Å². The third kappa shape index (κ3) is 4.13. The lowest BCUT2D eigenvalue weighted by molar-refractivity contribution is 0.102. The Hall–Kier alpha value is -2.84. The zero-order valence-electron chi connectivity index (χ0n) is 16.4. The van der Waals surface area contributed by atoms with Gasteiger partial charge in [-0.2, -0.15) is 0 Å². The number of piperidine rings is 1. The molecule has 29 heavy (non-hydrogen) atoms. The highest BCUT2D eigenvalue weighted by Crippen LogP contribution is 2.26. The molecule has 8 heteroatoms. The van der Waals surface area contributed by atoms with Gasteiger partial charge in [0.15, 0.2) is 0 Å². The number of nitrogens with one attached hydrogen (secondary N) is 2. The number of nitrogens with zero attached hydrogens (tertiary/aromatic N) is 3. The summed E-state index contributed by atoms with van der Waals surface area (Å²) in [5.41, 5.74) is 2.14. The molecule has 0 bridgehead atoms. The normalized spacial score (nSPS) is 14.7. The van der Waals surface area contributed by atoms with Crippen LogP contribution in [0.4, 0.5) is 5.69 Å². The van der Waals surface area contributed by atoms with E-state index in [1.54, 1.807) is 17.6 Å². The van der Waals surface area contributed by atoms with Gasteiger partial charge in [-0.15, -0.1) is 10.2 Å².